The summed E-state index contributed by atoms with van der Waals surface area (Å²) in [6.45, 7) is 8.63. The van der Waals surface area contributed by atoms with Crippen molar-refractivity contribution in [3.63, 3.8) is 0 Å². The van der Waals surface area contributed by atoms with Crippen molar-refractivity contribution in [2.45, 2.75) is 76.6 Å². The van der Waals surface area contributed by atoms with Gasteiger partial charge in [0.1, 0.15) is 11.8 Å². The van der Waals surface area contributed by atoms with Gasteiger partial charge in [0.05, 0.1) is 27.7 Å². The van der Waals surface area contributed by atoms with E-state index in [2.05, 4.69) is 37.0 Å². The van der Waals surface area contributed by atoms with Crippen molar-refractivity contribution < 1.29 is 9.53 Å². The second-order valence-electron chi connectivity index (χ2n) is 13.9. The third kappa shape index (κ3) is 7.71. The molecule has 2 N–H and O–H groups in total. The highest BCUT2D eigenvalue weighted by atomic mass is 35.5. The van der Waals surface area contributed by atoms with Crippen LogP contribution in [0, 0.1) is 11.3 Å². The number of benzene rings is 1. The van der Waals surface area contributed by atoms with Crippen LogP contribution in [-0.2, 0) is 13.0 Å². The lowest BCUT2D eigenvalue weighted by atomic mass is 9.92. The van der Waals surface area contributed by atoms with Gasteiger partial charge in [-0.1, -0.05) is 18.5 Å². The Morgan fingerprint density at radius 1 is 0.961 bits per heavy atom. The number of hydrogen-bond donors (Lipinski definition) is 1. The van der Waals surface area contributed by atoms with E-state index in [1.54, 1.807) is 24.3 Å². The number of piperidine rings is 1. The minimum Gasteiger partial charge on any atom is -0.490 e. The van der Waals surface area contributed by atoms with Gasteiger partial charge in [-0.2, -0.15) is 5.26 Å². The zero-order valence-electron chi connectivity index (χ0n) is 29.0. The Hall–Kier alpha value is -4.57. The van der Waals surface area contributed by atoms with E-state index in [-0.39, 0.29) is 23.4 Å². The number of halogens is 1. The van der Waals surface area contributed by atoms with Crippen molar-refractivity contribution in [3.8, 4) is 11.8 Å². The first-order valence-electron chi connectivity index (χ1n) is 18.0. The predicted octanol–water partition coefficient (Wildman–Crippen LogP) is 4.72. The van der Waals surface area contributed by atoms with Crippen LogP contribution < -0.4 is 20.9 Å². The molecule has 13 heteroatoms. The van der Waals surface area contributed by atoms with E-state index in [0.29, 0.717) is 28.8 Å². The molecule has 1 aliphatic carbocycles. The van der Waals surface area contributed by atoms with E-state index >= 15 is 0 Å². The molecular weight excluding hydrogens is 666 g/mol. The molecule has 3 aromatic heterocycles. The lowest BCUT2D eigenvalue weighted by molar-refractivity contribution is 0.0810. The Kier molecular flexibility index (Phi) is 10.5. The van der Waals surface area contributed by atoms with E-state index in [1.165, 1.54) is 0 Å². The average Bonchev–Trinajstić information content (AvgIpc) is 3.15. The van der Waals surface area contributed by atoms with Crippen molar-refractivity contribution in [3.05, 3.63) is 86.4 Å². The number of ether oxygens (including phenoxy) is 1. The second-order valence-corrected chi connectivity index (χ2v) is 14.3. The predicted molar refractivity (Wildman–Crippen MR) is 196 cm³/mol. The SMILES string of the molecule is CCc1cc2ncc(CN3CCN(C4CCN(c5ccc(C(N)=O)nn5)CC4)CC3)cc2n(C2CCC(Oc3ccc(C#N)c(Cl)c3)CC2)c1=O. The maximum Gasteiger partial charge on any atom is 0.269 e. The zero-order chi connectivity index (χ0) is 35.5. The normalized spacial score (nSPS) is 20.7. The third-order valence-corrected chi connectivity index (χ3v) is 11.1. The average molecular weight is 710 g/mol. The maximum absolute atomic E-state index is 13.8. The van der Waals surface area contributed by atoms with Crippen molar-refractivity contribution in [1.82, 2.24) is 29.5 Å². The van der Waals surface area contributed by atoms with Gasteiger partial charge in [0.15, 0.2) is 11.5 Å². The summed E-state index contributed by atoms with van der Waals surface area (Å²) in [5.74, 6) is 0.887. The molecule has 0 unspecified atom stereocenters. The summed E-state index contributed by atoms with van der Waals surface area (Å²) < 4.78 is 8.26. The molecule has 1 amide bonds. The molecule has 7 rings (SSSR count). The van der Waals surface area contributed by atoms with Crippen LogP contribution in [0.25, 0.3) is 11.0 Å². The number of amides is 1. The molecule has 1 saturated carbocycles. The molecule has 0 radical (unpaired) electrons. The molecule has 51 heavy (non-hydrogen) atoms. The van der Waals surface area contributed by atoms with Crippen LogP contribution in [0.2, 0.25) is 5.02 Å². The third-order valence-electron chi connectivity index (χ3n) is 10.8. The number of carbonyl (C=O) groups is 1. The minimum absolute atomic E-state index is 0.0257. The number of anilines is 1. The fourth-order valence-corrected chi connectivity index (χ4v) is 8.12. The van der Waals surface area contributed by atoms with Crippen LogP contribution >= 0.6 is 11.6 Å². The number of nitrogens with two attached hydrogens (primary N) is 1. The number of carbonyl (C=O) groups excluding carboxylic acids is 1. The Labute approximate surface area is 302 Å². The van der Waals surface area contributed by atoms with E-state index in [9.17, 15) is 14.9 Å². The highest BCUT2D eigenvalue weighted by Crippen LogP contribution is 2.33. The van der Waals surface area contributed by atoms with Crippen LogP contribution in [0.15, 0.2) is 53.5 Å². The van der Waals surface area contributed by atoms with Gasteiger partial charge in [-0.25, -0.2) is 0 Å². The van der Waals surface area contributed by atoms with E-state index in [4.69, 9.17) is 27.1 Å². The zero-order valence-corrected chi connectivity index (χ0v) is 29.8. The van der Waals surface area contributed by atoms with Crippen molar-refractivity contribution >= 4 is 34.4 Å². The number of piperazine rings is 1. The largest absolute Gasteiger partial charge is 0.490 e. The summed E-state index contributed by atoms with van der Waals surface area (Å²) in [5, 5.41) is 17.8. The van der Waals surface area contributed by atoms with Crippen LogP contribution in [-0.4, -0.2) is 86.9 Å². The lowest BCUT2D eigenvalue weighted by Gasteiger charge is -2.43. The van der Waals surface area contributed by atoms with Gasteiger partial charge >= 0.3 is 0 Å². The van der Waals surface area contributed by atoms with Gasteiger partial charge in [0.25, 0.3) is 11.5 Å². The smallest absolute Gasteiger partial charge is 0.269 e. The molecule has 3 fully saturated rings. The molecular formula is C38H44ClN9O3. The summed E-state index contributed by atoms with van der Waals surface area (Å²) in [6.07, 6.45) is 8.09. The van der Waals surface area contributed by atoms with Gasteiger partial charge in [0, 0.05) is 75.7 Å². The number of rotatable bonds is 9. The van der Waals surface area contributed by atoms with Gasteiger partial charge in [-0.15, -0.1) is 10.2 Å². The molecule has 0 spiro atoms. The molecule has 5 heterocycles. The Morgan fingerprint density at radius 3 is 2.37 bits per heavy atom. The topological polar surface area (TPSA) is 147 Å². The van der Waals surface area contributed by atoms with Gasteiger partial charge < -0.3 is 19.9 Å². The van der Waals surface area contributed by atoms with Gasteiger partial charge in [0.2, 0.25) is 0 Å². The van der Waals surface area contributed by atoms with E-state index in [0.717, 1.165) is 112 Å². The quantitative estimate of drug-likeness (QED) is 0.259. The second kappa shape index (κ2) is 15.4. The summed E-state index contributed by atoms with van der Waals surface area (Å²) in [5.41, 5.74) is 9.71. The number of pyridine rings is 2. The van der Waals surface area contributed by atoms with Crippen LogP contribution in [0.4, 0.5) is 5.82 Å². The van der Waals surface area contributed by atoms with E-state index < -0.39 is 5.91 Å². The number of nitrogens with zero attached hydrogens (tertiary/aromatic N) is 8. The number of nitriles is 1. The number of aryl methyl sites for hydroxylation is 1. The number of primary amides is 1. The first kappa shape index (κ1) is 34.9. The van der Waals surface area contributed by atoms with Crippen molar-refractivity contribution in [1.29, 1.82) is 5.26 Å². The summed E-state index contributed by atoms with van der Waals surface area (Å²) in [4.78, 5) is 37.4. The molecule has 2 aliphatic heterocycles. The lowest BCUT2D eigenvalue weighted by Crippen LogP contribution is -2.53. The van der Waals surface area contributed by atoms with Gasteiger partial charge in [-0.05, 0) is 86.9 Å². The Bertz CT molecular complexity index is 1970. The van der Waals surface area contributed by atoms with Crippen LogP contribution in [0.5, 0.6) is 5.75 Å². The Balaban J connectivity index is 0.964. The summed E-state index contributed by atoms with van der Waals surface area (Å²) in [7, 11) is 0. The molecule has 0 atom stereocenters. The van der Waals surface area contributed by atoms with Crippen molar-refractivity contribution in [2.75, 3.05) is 44.2 Å². The standard InChI is InChI=1S/C38H44ClN9O3/c1-2-26-20-34-35(48(38(26)50)29-4-7-30(8-5-29)51-31-6-3-27(22-40)32(39)21-31)19-25(23-42-34)24-45-15-17-46(18-16-45)28-11-13-47(14-12-28)36-10-9-33(37(41)49)43-44-36/h3,6,9-10,19-21,23,28-30H,2,4-5,7-8,11-18,24H2,1H3,(H2,41,49). The first-order chi connectivity index (χ1) is 24.8. The monoisotopic (exact) mass is 709 g/mol. The molecule has 1 aromatic carbocycles. The van der Waals surface area contributed by atoms with Gasteiger partial charge in [-0.3, -0.25) is 24.4 Å². The van der Waals surface area contributed by atoms with Crippen LogP contribution in [0.1, 0.15) is 78.7 Å². The minimum atomic E-state index is -0.566. The molecule has 0 bridgehead atoms. The molecule has 12 nitrogen and oxygen atoms in total. The maximum atomic E-state index is 13.8. The fraction of sp³-hybridized carbons (Fsp3) is 0.474. The highest BCUT2D eigenvalue weighted by molar-refractivity contribution is 6.31. The molecule has 2 saturated heterocycles. The number of hydrogen-bond acceptors (Lipinski definition) is 10. The molecule has 3 aliphatic rings. The first-order valence-corrected chi connectivity index (χ1v) is 18.4. The fourth-order valence-electron chi connectivity index (χ4n) is 7.91. The number of aromatic nitrogens is 4. The number of fused-ring (bicyclic) bond motifs is 1. The summed E-state index contributed by atoms with van der Waals surface area (Å²) in [6, 6.07) is 15.5. The van der Waals surface area contributed by atoms with Crippen molar-refractivity contribution in [2.24, 2.45) is 5.73 Å². The highest BCUT2D eigenvalue weighted by Gasteiger charge is 2.29. The summed E-state index contributed by atoms with van der Waals surface area (Å²) >= 11 is 6.23. The molecule has 266 valence electrons. The van der Waals surface area contributed by atoms with Crippen LogP contribution in [0.3, 0.4) is 0 Å². The Morgan fingerprint density at radius 2 is 1.73 bits per heavy atom. The molecule has 4 aromatic rings. The van der Waals surface area contributed by atoms with E-state index in [1.807, 2.05) is 29.8 Å².